The highest BCUT2D eigenvalue weighted by Gasteiger charge is 2.13. The van der Waals surface area contributed by atoms with Gasteiger partial charge in [-0.3, -0.25) is 9.59 Å². The number of rotatable bonds is 12. The molecule has 3 aromatic rings. The fraction of sp³-hybridized carbons (Fsp3) is 0.148. The van der Waals surface area contributed by atoms with E-state index in [0.29, 0.717) is 46.5 Å². The van der Waals surface area contributed by atoms with Crippen molar-refractivity contribution in [2.24, 2.45) is 5.10 Å². The van der Waals surface area contributed by atoms with Crippen molar-refractivity contribution in [2.75, 3.05) is 25.1 Å². The summed E-state index contributed by atoms with van der Waals surface area (Å²) >= 11 is 18.4. The number of hydrazone groups is 1. The van der Waals surface area contributed by atoms with Gasteiger partial charge in [0.1, 0.15) is 6.61 Å². The topological polar surface area (TPSA) is 98.3 Å². The Morgan fingerprint density at radius 3 is 2.32 bits per heavy atom. The minimum atomic E-state index is -0.457. The number of anilines is 1. The Hall–Kier alpha value is -3.72. The van der Waals surface area contributed by atoms with Crippen LogP contribution in [-0.4, -0.2) is 37.8 Å². The minimum Gasteiger partial charge on any atom is -0.490 e. The number of halogens is 3. The van der Waals surface area contributed by atoms with Crippen LogP contribution in [0.25, 0.3) is 0 Å². The highest BCUT2D eigenvalue weighted by atomic mass is 35.5. The van der Waals surface area contributed by atoms with Gasteiger partial charge in [-0.2, -0.15) is 5.10 Å². The number of hydrogen-bond acceptors (Lipinski definition) is 6. The number of carbonyl (C=O) groups excluding carboxylic acids is 2. The van der Waals surface area contributed by atoms with Crippen molar-refractivity contribution in [3.63, 3.8) is 0 Å². The summed E-state index contributed by atoms with van der Waals surface area (Å²) in [6.07, 6.45) is 2.99. The molecular formula is C27H24Cl3N3O5. The van der Waals surface area contributed by atoms with Crippen LogP contribution in [0.15, 0.2) is 72.4 Å². The van der Waals surface area contributed by atoms with E-state index in [0.717, 1.165) is 0 Å². The third kappa shape index (κ3) is 8.41. The van der Waals surface area contributed by atoms with Crippen LogP contribution in [0.1, 0.15) is 22.8 Å². The van der Waals surface area contributed by atoms with Gasteiger partial charge in [0.25, 0.3) is 11.8 Å². The third-order valence-corrected chi connectivity index (χ3v) is 5.55. The van der Waals surface area contributed by atoms with Gasteiger partial charge >= 0.3 is 0 Å². The van der Waals surface area contributed by atoms with Gasteiger partial charge in [0.2, 0.25) is 0 Å². The van der Waals surface area contributed by atoms with Crippen molar-refractivity contribution in [2.45, 2.75) is 6.92 Å². The molecule has 0 fully saturated rings. The smallest absolute Gasteiger partial charge is 0.271 e. The fourth-order valence-corrected chi connectivity index (χ4v) is 3.81. The van der Waals surface area contributed by atoms with E-state index in [1.54, 1.807) is 48.5 Å². The molecule has 0 spiro atoms. The molecule has 0 aliphatic rings. The molecule has 11 heteroatoms. The Kier molecular flexibility index (Phi) is 10.8. The molecule has 0 unspecified atom stereocenters. The van der Waals surface area contributed by atoms with Gasteiger partial charge in [-0.1, -0.05) is 47.5 Å². The predicted molar refractivity (Wildman–Crippen MR) is 150 cm³/mol. The van der Waals surface area contributed by atoms with E-state index >= 15 is 0 Å². The zero-order valence-electron chi connectivity index (χ0n) is 20.3. The standard InChI is InChI=1S/C27H24Cl3N3O5/c1-3-11-37-23-10-5-18(14-24(23)36-4-2)27(35)33-31-15-17-12-21(29)26(22(30)13-17)38-16-25(34)32-20-8-6-19(28)7-9-20/h3,5-10,12-15H,1,4,11,16H2,2H3,(H,32,34)(H,33,35)/b31-15+. The van der Waals surface area contributed by atoms with Crippen molar-refractivity contribution in [1.82, 2.24) is 5.43 Å². The summed E-state index contributed by atoms with van der Waals surface area (Å²) in [6, 6.07) is 14.5. The van der Waals surface area contributed by atoms with Gasteiger partial charge in [-0.15, -0.1) is 0 Å². The lowest BCUT2D eigenvalue weighted by atomic mass is 10.2. The molecule has 38 heavy (non-hydrogen) atoms. The van der Waals surface area contributed by atoms with E-state index in [4.69, 9.17) is 49.0 Å². The van der Waals surface area contributed by atoms with E-state index in [1.807, 2.05) is 6.92 Å². The second-order valence-corrected chi connectivity index (χ2v) is 8.80. The minimum absolute atomic E-state index is 0.142. The Balaban J connectivity index is 1.59. The van der Waals surface area contributed by atoms with Crippen molar-refractivity contribution in [3.8, 4) is 17.2 Å². The number of benzene rings is 3. The van der Waals surface area contributed by atoms with Crippen LogP contribution in [0.3, 0.4) is 0 Å². The number of carbonyl (C=O) groups is 2. The first-order chi connectivity index (χ1) is 18.3. The largest absolute Gasteiger partial charge is 0.490 e. The lowest BCUT2D eigenvalue weighted by molar-refractivity contribution is -0.118. The van der Waals surface area contributed by atoms with E-state index in [2.05, 4.69) is 22.4 Å². The molecule has 0 saturated carbocycles. The maximum absolute atomic E-state index is 12.5. The number of ether oxygens (including phenoxy) is 3. The predicted octanol–water partition coefficient (Wildman–Crippen LogP) is 6.39. The van der Waals surface area contributed by atoms with Crippen LogP contribution < -0.4 is 25.0 Å². The first-order valence-corrected chi connectivity index (χ1v) is 12.4. The summed E-state index contributed by atoms with van der Waals surface area (Å²) in [4.78, 5) is 24.7. The average molecular weight is 577 g/mol. The van der Waals surface area contributed by atoms with Crippen LogP contribution in [0.5, 0.6) is 17.2 Å². The first kappa shape index (κ1) is 28.8. The molecule has 3 aromatic carbocycles. The van der Waals surface area contributed by atoms with Gasteiger partial charge < -0.3 is 19.5 Å². The molecule has 3 rings (SSSR count). The molecule has 8 nitrogen and oxygen atoms in total. The van der Waals surface area contributed by atoms with Gasteiger partial charge in [-0.25, -0.2) is 5.43 Å². The van der Waals surface area contributed by atoms with Crippen LogP contribution >= 0.6 is 34.8 Å². The van der Waals surface area contributed by atoms with Crippen molar-refractivity contribution in [3.05, 3.63) is 93.4 Å². The molecule has 0 radical (unpaired) electrons. The summed E-state index contributed by atoms with van der Waals surface area (Å²) in [6.45, 7) is 5.84. The number of hydrogen-bond donors (Lipinski definition) is 2. The molecule has 0 heterocycles. The average Bonchev–Trinajstić information content (AvgIpc) is 2.89. The van der Waals surface area contributed by atoms with Crippen LogP contribution in [-0.2, 0) is 4.79 Å². The highest BCUT2D eigenvalue weighted by Crippen LogP contribution is 2.34. The molecule has 0 aromatic heterocycles. The van der Waals surface area contributed by atoms with Crippen molar-refractivity contribution >= 4 is 58.5 Å². The van der Waals surface area contributed by atoms with Gasteiger partial charge in [0.15, 0.2) is 23.9 Å². The van der Waals surface area contributed by atoms with E-state index in [-0.39, 0.29) is 22.4 Å². The Labute approximate surface area is 235 Å². The molecule has 198 valence electrons. The van der Waals surface area contributed by atoms with Crippen LogP contribution in [0, 0.1) is 0 Å². The first-order valence-electron chi connectivity index (χ1n) is 11.3. The van der Waals surface area contributed by atoms with Crippen LogP contribution in [0.4, 0.5) is 5.69 Å². The molecule has 0 bridgehead atoms. The maximum atomic E-state index is 12.5. The molecular weight excluding hydrogens is 553 g/mol. The second-order valence-electron chi connectivity index (χ2n) is 7.55. The number of nitrogens with one attached hydrogen (secondary N) is 2. The summed E-state index contributed by atoms with van der Waals surface area (Å²) < 4.78 is 16.6. The summed E-state index contributed by atoms with van der Waals surface area (Å²) in [5.41, 5.74) is 3.84. The monoisotopic (exact) mass is 575 g/mol. The van der Waals surface area contributed by atoms with Crippen molar-refractivity contribution < 1.29 is 23.8 Å². The number of amides is 2. The quantitative estimate of drug-likeness (QED) is 0.148. The Morgan fingerprint density at radius 1 is 0.947 bits per heavy atom. The van der Waals surface area contributed by atoms with Crippen LogP contribution in [0.2, 0.25) is 15.1 Å². The fourth-order valence-electron chi connectivity index (χ4n) is 3.08. The molecule has 2 N–H and O–H groups in total. The lowest BCUT2D eigenvalue weighted by Gasteiger charge is -2.12. The van der Waals surface area contributed by atoms with E-state index < -0.39 is 11.8 Å². The molecule has 0 saturated heterocycles. The second kappa shape index (κ2) is 14.3. The highest BCUT2D eigenvalue weighted by molar-refractivity contribution is 6.37. The van der Waals surface area contributed by atoms with Gasteiger partial charge in [-0.05, 0) is 67.1 Å². The van der Waals surface area contributed by atoms with Crippen molar-refractivity contribution in [1.29, 1.82) is 0 Å². The molecule has 2 amide bonds. The lowest BCUT2D eigenvalue weighted by Crippen LogP contribution is -2.20. The molecule has 0 aliphatic heterocycles. The normalized spacial score (nSPS) is 10.6. The van der Waals surface area contributed by atoms with Gasteiger partial charge in [0.05, 0.1) is 22.9 Å². The van der Waals surface area contributed by atoms with Gasteiger partial charge in [0, 0.05) is 16.3 Å². The summed E-state index contributed by atoms with van der Waals surface area (Å²) in [7, 11) is 0. The summed E-state index contributed by atoms with van der Waals surface area (Å²) in [5, 5.41) is 7.53. The SMILES string of the molecule is C=CCOc1ccc(C(=O)N/N=C/c2cc(Cl)c(OCC(=O)Nc3ccc(Cl)cc3)c(Cl)c2)cc1OCC. The maximum Gasteiger partial charge on any atom is 0.271 e. The van der Waals surface area contributed by atoms with E-state index in [1.165, 1.54) is 18.3 Å². The van der Waals surface area contributed by atoms with E-state index in [9.17, 15) is 9.59 Å². The Bertz CT molecular complexity index is 1310. The molecule has 0 aliphatic carbocycles. The molecule has 0 atom stereocenters. The number of nitrogens with zero attached hydrogens (tertiary/aromatic N) is 1. The third-order valence-electron chi connectivity index (χ3n) is 4.74. The Morgan fingerprint density at radius 2 is 1.66 bits per heavy atom. The zero-order valence-corrected chi connectivity index (χ0v) is 22.6. The zero-order chi connectivity index (χ0) is 27.5. The summed E-state index contributed by atoms with van der Waals surface area (Å²) in [5.74, 6) is 0.216.